The van der Waals surface area contributed by atoms with E-state index in [1.807, 2.05) is 0 Å². The molecule has 20 heavy (non-hydrogen) atoms. The summed E-state index contributed by atoms with van der Waals surface area (Å²) in [6.45, 7) is 7.24. The minimum atomic E-state index is -1.06. The number of pyridine rings is 1. The van der Waals surface area contributed by atoms with Gasteiger partial charge in [-0.25, -0.2) is 14.6 Å². The highest BCUT2D eigenvalue weighted by Crippen LogP contribution is 2.07. The maximum absolute atomic E-state index is 11.6. The van der Waals surface area contributed by atoms with Gasteiger partial charge in [-0.05, 0) is 23.5 Å². The number of carbonyl (C=O) groups is 2. The molecule has 0 radical (unpaired) electrons. The molecule has 6 nitrogen and oxygen atoms in total. The van der Waals surface area contributed by atoms with Crippen molar-refractivity contribution in [3.05, 3.63) is 29.6 Å². The van der Waals surface area contributed by atoms with Crippen LogP contribution in [0.2, 0.25) is 0 Å². The van der Waals surface area contributed by atoms with Crippen molar-refractivity contribution in [2.45, 2.75) is 27.3 Å². The Labute approximate surface area is 118 Å². The van der Waals surface area contributed by atoms with Crippen LogP contribution in [0, 0.1) is 11.8 Å². The smallest absolute Gasteiger partial charge is 0.354 e. The molecular formula is C14H21N3O3. The van der Waals surface area contributed by atoms with Crippen molar-refractivity contribution >= 4 is 12.0 Å². The molecule has 3 N–H and O–H groups in total. The van der Waals surface area contributed by atoms with Crippen molar-refractivity contribution < 1.29 is 14.7 Å². The van der Waals surface area contributed by atoms with Crippen molar-refractivity contribution in [1.29, 1.82) is 0 Å². The molecule has 0 aliphatic carbocycles. The highest BCUT2D eigenvalue weighted by molar-refractivity contribution is 5.85. The Balaban J connectivity index is 2.35. The first kappa shape index (κ1) is 15.9. The summed E-state index contributed by atoms with van der Waals surface area (Å²) in [6.07, 6.45) is 1.44. The first-order chi connectivity index (χ1) is 9.40. The Morgan fingerprint density at radius 1 is 1.25 bits per heavy atom. The largest absolute Gasteiger partial charge is 0.477 e. The summed E-state index contributed by atoms with van der Waals surface area (Å²) in [4.78, 5) is 26.0. The summed E-state index contributed by atoms with van der Waals surface area (Å²) in [5, 5.41) is 14.2. The molecule has 1 unspecified atom stereocenters. The Morgan fingerprint density at radius 2 is 1.95 bits per heavy atom. The lowest BCUT2D eigenvalue weighted by Gasteiger charge is -2.16. The first-order valence-corrected chi connectivity index (χ1v) is 6.60. The van der Waals surface area contributed by atoms with Gasteiger partial charge in [0.1, 0.15) is 5.69 Å². The lowest BCUT2D eigenvalue weighted by molar-refractivity contribution is 0.0690. The van der Waals surface area contributed by atoms with E-state index in [9.17, 15) is 9.59 Å². The highest BCUT2D eigenvalue weighted by Gasteiger charge is 2.09. The van der Waals surface area contributed by atoms with Gasteiger partial charge in [-0.2, -0.15) is 0 Å². The zero-order valence-corrected chi connectivity index (χ0v) is 12.0. The van der Waals surface area contributed by atoms with Crippen LogP contribution in [-0.2, 0) is 6.54 Å². The number of aromatic nitrogens is 1. The van der Waals surface area contributed by atoms with Crippen LogP contribution >= 0.6 is 0 Å². The van der Waals surface area contributed by atoms with Crippen LogP contribution in [0.25, 0.3) is 0 Å². The summed E-state index contributed by atoms with van der Waals surface area (Å²) >= 11 is 0. The minimum absolute atomic E-state index is 0.0102. The predicted molar refractivity (Wildman–Crippen MR) is 75.4 cm³/mol. The van der Waals surface area contributed by atoms with E-state index in [2.05, 4.69) is 36.4 Å². The van der Waals surface area contributed by atoms with Gasteiger partial charge in [0.2, 0.25) is 0 Å². The number of hydrogen-bond donors (Lipinski definition) is 3. The van der Waals surface area contributed by atoms with Crippen LogP contribution in [0.4, 0.5) is 4.79 Å². The number of amides is 2. The molecule has 6 heteroatoms. The highest BCUT2D eigenvalue weighted by atomic mass is 16.4. The maximum atomic E-state index is 11.6. The summed E-state index contributed by atoms with van der Waals surface area (Å²) in [5.41, 5.74) is 0.742. The number of carboxylic acids is 1. The Morgan fingerprint density at radius 3 is 2.45 bits per heavy atom. The number of hydrogen-bond acceptors (Lipinski definition) is 3. The fraction of sp³-hybridized carbons (Fsp3) is 0.500. The molecule has 0 aliphatic rings. The fourth-order valence-corrected chi connectivity index (χ4v) is 1.39. The average molecular weight is 279 g/mol. The van der Waals surface area contributed by atoms with Crippen LogP contribution in [0.1, 0.15) is 36.8 Å². The summed E-state index contributed by atoms with van der Waals surface area (Å²) < 4.78 is 0. The number of aromatic carboxylic acids is 1. The number of carbonyl (C=O) groups excluding carboxylic acids is 1. The van der Waals surface area contributed by atoms with Gasteiger partial charge in [0.15, 0.2) is 0 Å². The molecule has 1 heterocycles. The second-order valence-electron chi connectivity index (χ2n) is 5.14. The summed E-state index contributed by atoms with van der Waals surface area (Å²) in [7, 11) is 0. The molecule has 1 aromatic heterocycles. The third-order valence-electron chi connectivity index (χ3n) is 3.22. The summed E-state index contributed by atoms with van der Waals surface area (Å²) in [6, 6.07) is 2.81. The van der Waals surface area contributed by atoms with E-state index in [4.69, 9.17) is 5.11 Å². The van der Waals surface area contributed by atoms with E-state index in [1.165, 1.54) is 12.3 Å². The molecule has 1 aromatic rings. The molecule has 0 spiro atoms. The van der Waals surface area contributed by atoms with E-state index in [-0.39, 0.29) is 11.7 Å². The van der Waals surface area contributed by atoms with Crippen molar-refractivity contribution in [3.63, 3.8) is 0 Å². The molecule has 0 saturated carbocycles. The zero-order valence-electron chi connectivity index (χ0n) is 12.0. The molecule has 0 bridgehead atoms. The van der Waals surface area contributed by atoms with E-state index < -0.39 is 5.97 Å². The second kappa shape index (κ2) is 7.47. The van der Waals surface area contributed by atoms with Crippen LogP contribution < -0.4 is 10.6 Å². The van der Waals surface area contributed by atoms with Gasteiger partial charge in [0, 0.05) is 19.3 Å². The molecule has 1 rings (SSSR count). The monoisotopic (exact) mass is 279 g/mol. The third-order valence-corrected chi connectivity index (χ3v) is 3.22. The van der Waals surface area contributed by atoms with Gasteiger partial charge in [-0.1, -0.05) is 26.8 Å². The minimum Gasteiger partial charge on any atom is -0.477 e. The molecule has 0 saturated heterocycles. The van der Waals surface area contributed by atoms with Gasteiger partial charge in [-0.3, -0.25) is 0 Å². The molecule has 1 atom stereocenters. The first-order valence-electron chi connectivity index (χ1n) is 6.60. The number of carboxylic acid groups (broad SMARTS) is 1. The SMILES string of the molecule is CC(C)C(C)CNC(=O)NCc1ccc(C(=O)O)nc1. The number of rotatable bonds is 6. The Hall–Kier alpha value is -2.11. The van der Waals surface area contributed by atoms with Crippen LogP contribution in [0.15, 0.2) is 18.3 Å². The normalized spacial score (nSPS) is 12.0. The molecule has 110 valence electrons. The lowest BCUT2D eigenvalue weighted by atomic mass is 9.98. The van der Waals surface area contributed by atoms with Gasteiger partial charge in [0.05, 0.1) is 0 Å². The third kappa shape index (κ3) is 5.26. The van der Waals surface area contributed by atoms with Gasteiger partial charge >= 0.3 is 12.0 Å². The Kier molecular flexibility index (Phi) is 5.96. The van der Waals surface area contributed by atoms with Crippen molar-refractivity contribution in [2.75, 3.05) is 6.54 Å². The van der Waals surface area contributed by atoms with Crippen molar-refractivity contribution in [1.82, 2.24) is 15.6 Å². The zero-order chi connectivity index (χ0) is 15.1. The van der Waals surface area contributed by atoms with E-state index in [0.717, 1.165) is 5.56 Å². The predicted octanol–water partition coefficient (Wildman–Crippen LogP) is 1.87. The molecule has 0 fully saturated rings. The second-order valence-corrected chi connectivity index (χ2v) is 5.14. The Bertz CT molecular complexity index is 457. The molecular weight excluding hydrogens is 258 g/mol. The summed E-state index contributed by atoms with van der Waals surface area (Å²) in [5.74, 6) is -0.134. The van der Waals surface area contributed by atoms with Gasteiger partial charge < -0.3 is 15.7 Å². The van der Waals surface area contributed by atoms with Crippen molar-refractivity contribution in [3.8, 4) is 0 Å². The maximum Gasteiger partial charge on any atom is 0.354 e. The van der Waals surface area contributed by atoms with Crippen LogP contribution in [-0.4, -0.2) is 28.6 Å². The van der Waals surface area contributed by atoms with Gasteiger partial charge in [-0.15, -0.1) is 0 Å². The molecule has 0 aliphatic heterocycles. The average Bonchev–Trinajstić information content (AvgIpc) is 2.42. The van der Waals surface area contributed by atoms with Crippen LogP contribution in [0.5, 0.6) is 0 Å². The molecule has 2 amide bonds. The van der Waals surface area contributed by atoms with E-state index in [0.29, 0.717) is 24.9 Å². The van der Waals surface area contributed by atoms with E-state index >= 15 is 0 Å². The van der Waals surface area contributed by atoms with Crippen molar-refractivity contribution in [2.24, 2.45) is 11.8 Å². The number of nitrogens with one attached hydrogen (secondary N) is 2. The molecule has 0 aromatic carbocycles. The number of nitrogens with zero attached hydrogens (tertiary/aromatic N) is 1. The topological polar surface area (TPSA) is 91.3 Å². The quantitative estimate of drug-likeness (QED) is 0.741. The fourth-order valence-electron chi connectivity index (χ4n) is 1.39. The van der Waals surface area contributed by atoms with Crippen LogP contribution in [0.3, 0.4) is 0 Å². The number of urea groups is 1. The van der Waals surface area contributed by atoms with Gasteiger partial charge in [0.25, 0.3) is 0 Å². The standard InChI is InChI=1S/C14H21N3O3/c1-9(2)10(3)6-16-14(20)17-8-11-4-5-12(13(18)19)15-7-11/h4-5,7,9-10H,6,8H2,1-3H3,(H,18,19)(H2,16,17,20). The lowest BCUT2D eigenvalue weighted by Crippen LogP contribution is -2.38. The van der Waals surface area contributed by atoms with E-state index in [1.54, 1.807) is 6.07 Å².